The summed E-state index contributed by atoms with van der Waals surface area (Å²) in [5, 5.41) is 10.2. The van der Waals surface area contributed by atoms with Gasteiger partial charge in [-0.25, -0.2) is 0 Å². The Balaban J connectivity index is 2.92. The molecule has 1 rings (SSSR count). The van der Waals surface area contributed by atoms with Crippen LogP contribution >= 0.6 is 11.6 Å². The van der Waals surface area contributed by atoms with E-state index < -0.39 is 24.1 Å². The third kappa shape index (κ3) is 3.64. The first-order chi connectivity index (χ1) is 7.84. The fourth-order valence-electron chi connectivity index (χ4n) is 1.06. The molecule has 0 unspecified atom stereocenters. The van der Waals surface area contributed by atoms with Crippen LogP contribution in [0.15, 0.2) is 18.2 Å². The number of carbonyl (C=O) groups excluding carboxylic acids is 1. The summed E-state index contributed by atoms with van der Waals surface area (Å²) in [7, 11) is 0. The zero-order valence-corrected chi connectivity index (χ0v) is 9.06. The van der Waals surface area contributed by atoms with Crippen LogP contribution in [-0.2, 0) is 11.0 Å². The summed E-state index contributed by atoms with van der Waals surface area (Å²) >= 11 is 5.58. The molecule has 0 saturated heterocycles. The molecule has 1 aromatic rings. The van der Waals surface area contributed by atoms with Gasteiger partial charge in [0.1, 0.15) is 6.42 Å². The van der Waals surface area contributed by atoms with E-state index in [9.17, 15) is 18.0 Å². The first-order valence-corrected chi connectivity index (χ1v) is 4.76. The van der Waals surface area contributed by atoms with Gasteiger partial charge in [-0.05, 0) is 18.2 Å². The highest BCUT2D eigenvalue weighted by Crippen LogP contribution is 2.33. The van der Waals surface area contributed by atoms with Gasteiger partial charge < -0.3 is 5.32 Å². The van der Waals surface area contributed by atoms with Crippen LogP contribution in [0.4, 0.5) is 18.9 Å². The number of hydrogen-bond acceptors (Lipinski definition) is 2. The Labute approximate surface area is 99.8 Å². The van der Waals surface area contributed by atoms with Crippen molar-refractivity contribution in [3.63, 3.8) is 0 Å². The van der Waals surface area contributed by atoms with Crippen molar-refractivity contribution < 1.29 is 18.0 Å². The molecule has 3 nitrogen and oxygen atoms in total. The quantitative estimate of drug-likeness (QED) is 0.890. The van der Waals surface area contributed by atoms with Crippen molar-refractivity contribution >= 4 is 23.2 Å². The summed E-state index contributed by atoms with van der Waals surface area (Å²) in [6.45, 7) is 0. The number of hydrogen-bond donors (Lipinski definition) is 1. The van der Waals surface area contributed by atoms with E-state index in [2.05, 4.69) is 5.32 Å². The average Bonchev–Trinajstić information content (AvgIpc) is 2.20. The van der Waals surface area contributed by atoms with E-state index in [4.69, 9.17) is 16.9 Å². The minimum Gasteiger partial charge on any atom is -0.324 e. The molecule has 0 spiro atoms. The largest absolute Gasteiger partial charge is 0.416 e. The molecule has 0 radical (unpaired) electrons. The van der Waals surface area contributed by atoms with Crippen molar-refractivity contribution in [3.05, 3.63) is 28.8 Å². The molecular weight excluding hydrogens is 257 g/mol. The Bertz CT molecular complexity index is 479. The van der Waals surface area contributed by atoms with Gasteiger partial charge in [0.05, 0.1) is 22.3 Å². The van der Waals surface area contributed by atoms with Crippen LogP contribution in [0.25, 0.3) is 0 Å². The van der Waals surface area contributed by atoms with Crippen LogP contribution in [0.2, 0.25) is 5.02 Å². The lowest BCUT2D eigenvalue weighted by molar-refractivity contribution is -0.137. The summed E-state index contributed by atoms with van der Waals surface area (Å²) in [6.07, 6.45) is -4.88. The lowest BCUT2D eigenvalue weighted by Crippen LogP contribution is -2.11. The van der Waals surface area contributed by atoms with Crippen LogP contribution in [-0.4, -0.2) is 5.91 Å². The normalized spacial score (nSPS) is 10.8. The highest BCUT2D eigenvalue weighted by atomic mass is 35.5. The number of amides is 1. The molecule has 0 aliphatic rings. The number of nitrogens with one attached hydrogen (secondary N) is 1. The predicted molar refractivity (Wildman–Crippen MR) is 55.3 cm³/mol. The van der Waals surface area contributed by atoms with E-state index >= 15 is 0 Å². The molecule has 0 heterocycles. The highest BCUT2D eigenvalue weighted by Gasteiger charge is 2.30. The molecule has 0 aliphatic carbocycles. The van der Waals surface area contributed by atoms with Gasteiger partial charge in [0.25, 0.3) is 0 Å². The van der Waals surface area contributed by atoms with E-state index in [0.717, 1.165) is 12.1 Å². The summed E-state index contributed by atoms with van der Waals surface area (Å²) in [5.74, 6) is -0.630. The van der Waals surface area contributed by atoms with Gasteiger partial charge in [-0.2, -0.15) is 18.4 Å². The van der Waals surface area contributed by atoms with E-state index in [1.54, 1.807) is 6.07 Å². The van der Waals surface area contributed by atoms with E-state index in [1.807, 2.05) is 0 Å². The minimum atomic E-state index is -4.49. The van der Waals surface area contributed by atoms with Gasteiger partial charge in [-0.3, -0.25) is 4.79 Å². The summed E-state index contributed by atoms with van der Waals surface area (Å²) in [5.41, 5.74) is -0.860. The molecule has 17 heavy (non-hydrogen) atoms. The number of carbonyl (C=O) groups is 1. The summed E-state index contributed by atoms with van der Waals surface area (Å²) in [6, 6.07) is 4.16. The zero-order chi connectivity index (χ0) is 13.1. The Morgan fingerprint density at radius 1 is 1.47 bits per heavy atom. The fourth-order valence-corrected chi connectivity index (χ4v) is 1.29. The molecule has 7 heteroatoms. The molecule has 1 N–H and O–H groups in total. The van der Waals surface area contributed by atoms with E-state index in [1.165, 1.54) is 0 Å². The minimum absolute atomic E-state index is 0.0416. The number of nitriles is 1. The van der Waals surface area contributed by atoms with Gasteiger partial charge in [0.2, 0.25) is 5.91 Å². The lowest BCUT2D eigenvalue weighted by atomic mass is 10.2. The molecule has 1 aromatic carbocycles. The first kappa shape index (κ1) is 13.3. The standard InChI is InChI=1S/C10H6ClF3N2O/c11-7-5-6(10(12,13)14)1-2-8(7)16-9(17)3-4-15/h1-2,5H,3H2,(H,16,17). The third-order valence-corrected chi connectivity index (χ3v) is 2.12. The number of halogens is 4. The first-order valence-electron chi connectivity index (χ1n) is 4.38. The summed E-state index contributed by atoms with van der Waals surface area (Å²) < 4.78 is 36.9. The van der Waals surface area contributed by atoms with Crippen LogP contribution in [0.1, 0.15) is 12.0 Å². The Morgan fingerprint density at radius 2 is 2.12 bits per heavy atom. The smallest absolute Gasteiger partial charge is 0.324 e. The van der Waals surface area contributed by atoms with Crippen molar-refractivity contribution in [1.29, 1.82) is 5.26 Å². The van der Waals surface area contributed by atoms with Gasteiger partial charge in [-0.15, -0.1) is 0 Å². The van der Waals surface area contributed by atoms with Crippen LogP contribution in [0, 0.1) is 11.3 Å². The molecule has 90 valence electrons. The summed E-state index contributed by atoms with van der Waals surface area (Å²) in [4.78, 5) is 11.0. The topological polar surface area (TPSA) is 52.9 Å². The Morgan fingerprint density at radius 3 is 2.59 bits per heavy atom. The number of anilines is 1. The Hall–Kier alpha value is -1.74. The predicted octanol–water partition coefficient (Wildman–Crippen LogP) is 3.21. The molecular formula is C10H6ClF3N2O. The second-order valence-corrected chi connectivity index (χ2v) is 3.48. The maximum absolute atomic E-state index is 12.3. The zero-order valence-electron chi connectivity index (χ0n) is 8.31. The maximum Gasteiger partial charge on any atom is 0.416 e. The molecule has 1 amide bonds. The van der Waals surface area contributed by atoms with Crippen LogP contribution in [0.5, 0.6) is 0 Å². The second-order valence-electron chi connectivity index (χ2n) is 3.08. The van der Waals surface area contributed by atoms with Gasteiger partial charge in [0.15, 0.2) is 0 Å². The number of benzene rings is 1. The fraction of sp³-hybridized carbons (Fsp3) is 0.200. The second kappa shape index (κ2) is 5.06. The van der Waals surface area contributed by atoms with Crippen molar-refractivity contribution in [1.82, 2.24) is 0 Å². The number of nitrogens with zero attached hydrogens (tertiary/aromatic N) is 1. The molecule has 0 bridgehead atoms. The third-order valence-electron chi connectivity index (χ3n) is 1.81. The van der Waals surface area contributed by atoms with Gasteiger partial charge in [0, 0.05) is 0 Å². The maximum atomic E-state index is 12.3. The number of alkyl halides is 3. The monoisotopic (exact) mass is 262 g/mol. The van der Waals surface area contributed by atoms with Crippen molar-refractivity contribution in [3.8, 4) is 6.07 Å². The van der Waals surface area contributed by atoms with E-state index in [-0.39, 0.29) is 10.7 Å². The molecule has 0 atom stereocenters. The Kier molecular flexibility index (Phi) is 3.97. The van der Waals surface area contributed by atoms with Gasteiger partial charge >= 0.3 is 6.18 Å². The molecule has 0 saturated carbocycles. The van der Waals surface area contributed by atoms with Gasteiger partial charge in [-0.1, -0.05) is 11.6 Å². The van der Waals surface area contributed by atoms with Crippen LogP contribution in [0.3, 0.4) is 0 Å². The average molecular weight is 263 g/mol. The molecule has 0 aromatic heterocycles. The van der Waals surface area contributed by atoms with Crippen LogP contribution < -0.4 is 5.32 Å². The van der Waals surface area contributed by atoms with E-state index in [0.29, 0.717) is 6.07 Å². The highest BCUT2D eigenvalue weighted by molar-refractivity contribution is 6.33. The van der Waals surface area contributed by atoms with Crippen molar-refractivity contribution in [2.24, 2.45) is 0 Å². The van der Waals surface area contributed by atoms with Crippen molar-refractivity contribution in [2.45, 2.75) is 12.6 Å². The molecule has 0 fully saturated rings. The molecule has 0 aliphatic heterocycles. The SMILES string of the molecule is N#CCC(=O)Nc1ccc(C(F)(F)F)cc1Cl. The lowest BCUT2D eigenvalue weighted by Gasteiger charge is -2.10. The number of rotatable bonds is 2. The van der Waals surface area contributed by atoms with Crippen molar-refractivity contribution in [2.75, 3.05) is 5.32 Å².